The minimum absolute atomic E-state index is 0.0631. The Morgan fingerprint density at radius 3 is 2.43 bits per heavy atom. The molecule has 0 saturated heterocycles. The summed E-state index contributed by atoms with van der Waals surface area (Å²) in [6.45, 7) is 1.97. The molecule has 0 rings (SSSR count). The van der Waals surface area contributed by atoms with Crippen molar-refractivity contribution in [3.8, 4) is 0 Å². The molecule has 0 N–H and O–H groups in total. The average molecular weight is 277 g/mol. The molecule has 0 aliphatic rings. The molecule has 0 fully saturated rings. The molecule has 0 amide bonds. The largest absolute Gasteiger partial charge is 0.287 e. The highest BCUT2D eigenvalue weighted by Gasteiger charge is 2.05. The SMILES string of the molecule is CCC(Br)C(=O)I. The summed E-state index contributed by atoms with van der Waals surface area (Å²) < 4.78 is 0.181. The van der Waals surface area contributed by atoms with Crippen LogP contribution in [0.5, 0.6) is 0 Å². The summed E-state index contributed by atoms with van der Waals surface area (Å²) in [7, 11) is 0. The van der Waals surface area contributed by atoms with Crippen LogP contribution < -0.4 is 0 Å². The average Bonchev–Trinajstić information content (AvgIpc) is 1.65. The van der Waals surface area contributed by atoms with E-state index in [0.29, 0.717) is 0 Å². The van der Waals surface area contributed by atoms with Crippen molar-refractivity contribution in [2.75, 3.05) is 0 Å². The van der Waals surface area contributed by atoms with Gasteiger partial charge in [0.15, 0.2) is 0 Å². The van der Waals surface area contributed by atoms with Gasteiger partial charge in [0.05, 0.1) is 4.83 Å². The number of carbonyl (C=O) groups excluding carboxylic acids is 1. The standard InChI is InChI=1S/C4H6BrIO/c1-2-3(5)4(6)7/h3H,2H2,1H3. The molecule has 0 aromatic rings. The highest BCUT2D eigenvalue weighted by Crippen LogP contribution is 2.08. The first-order valence-corrected chi connectivity index (χ1v) is 4.01. The predicted molar refractivity (Wildman–Crippen MR) is 42.0 cm³/mol. The van der Waals surface area contributed by atoms with Crippen LogP contribution in [-0.4, -0.2) is 8.62 Å². The summed E-state index contributed by atoms with van der Waals surface area (Å²) in [5.41, 5.74) is 0. The molecule has 1 unspecified atom stereocenters. The number of hydrogen-bond acceptors (Lipinski definition) is 1. The molecule has 0 bridgehead atoms. The number of halogens is 2. The van der Waals surface area contributed by atoms with E-state index in [9.17, 15) is 4.79 Å². The van der Waals surface area contributed by atoms with Crippen LogP contribution in [0.4, 0.5) is 0 Å². The van der Waals surface area contributed by atoms with Crippen LogP contribution in [0.2, 0.25) is 0 Å². The topological polar surface area (TPSA) is 17.1 Å². The lowest BCUT2D eigenvalue weighted by molar-refractivity contribution is -0.108. The van der Waals surface area contributed by atoms with Gasteiger partial charge in [-0.15, -0.1) is 0 Å². The molecule has 0 aliphatic carbocycles. The minimum atomic E-state index is 0.0631. The summed E-state index contributed by atoms with van der Waals surface area (Å²) >= 11 is 4.97. The predicted octanol–water partition coefficient (Wildman–Crippen LogP) is 2.12. The van der Waals surface area contributed by atoms with Crippen LogP contribution in [0.15, 0.2) is 0 Å². The van der Waals surface area contributed by atoms with Gasteiger partial charge >= 0.3 is 0 Å². The second kappa shape index (κ2) is 3.83. The van der Waals surface area contributed by atoms with Gasteiger partial charge in [0, 0.05) is 22.6 Å². The molecule has 42 valence electrons. The molecule has 0 aromatic heterocycles. The number of carbonyl (C=O) groups is 1. The summed E-state index contributed by atoms with van der Waals surface area (Å²) in [6.07, 6.45) is 0.877. The lowest BCUT2D eigenvalue weighted by Gasteiger charge is -1.94. The molecule has 0 spiro atoms. The van der Waals surface area contributed by atoms with E-state index in [1.807, 2.05) is 6.92 Å². The van der Waals surface area contributed by atoms with E-state index in [-0.39, 0.29) is 8.62 Å². The normalized spacial score (nSPS) is 13.6. The number of alkyl halides is 1. The van der Waals surface area contributed by atoms with Gasteiger partial charge < -0.3 is 0 Å². The maximum Gasteiger partial charge on any atom is 0.205 e. The van der Waals surface area contributed by atoms with Crippen molar-refractivity contribution in [1.82, 2.24) is 0 Å². The van der Waals surface area contributed by atoms with Crippen LogP contribution in [0, 0.1) is 0 Å². The van der Waals surface area contributed by atoms with E-state index < -0.39 is 0 Å². The van der Waals surface area contributed by atoms with Crippen molar-refractivity contribution in [2.24, 2.45) is 0 Å². The van der Waals surface area contributed by atoms with Crippen molar-refractivity contribution in [3.05, 3.63) is 0 Å². The zero-order valence-electron chi connectivity index (χ0n) is 3.95. The fourth-order valence-electron chi connectivity index (χ4n) is 0.160. The second-order valence-electron chi connectivity index (χ2n) is 1.18. The van der Waals surface area contributed by atoms with Crippen LogP contribution in [-0.2, 0) is 4.79 Å². The Hall–Kier alpha value is 0.880. The van der Waals surface area contributed by atoms with Crippen LogP contribution in [0.25, 0.3) is 0 Å². The molecule has 0 aromatic carbocycles. The molecule has 0 aliphatic heterocycles. The summed E-state index contributed by atoms with van der Waals surface area (Å²) in [6, 6.07) is 0. The maximum atomic E-state index is 10.3. The molecule has 3 heteroatoms. The molecule has 1 nitrogen and oxygen atoms in total. The van der Waals surface area contributed by atoms with E-state index in [2.05, 4.69) is 15.9 Å². The Bertz CT molecular complexity index is 74.1. The summed E-state index contributed by atoms with van der Waals surface area (Å²) in [4.78, 5) is 10.4. The van der Waals surface area contributed by atoms with Gasteiger partial charge in [0.1, 0.15) is 0 Å². The lowest BCUT2D eigenvalue weighted by atomic mass is 10.4. The summed E-state index contributed by atoms with van der Waals surface area (Å²) in [5, 5.41) is 0. The zero-order chi connectivity index (χ0) is 5.86. The van der Waals surface area contributed by atoms with Crippen molar-refractivity contribution >= 4 is 42.3 Å². The molecular weight excluding hydrogens is 271 g/mol. The van der Waals surface area contributed by atoms with Crippen molar-refractivity contribution in [1.29, 1.82) is 0 Å². The van der Waals surface area contributed by atoms with Crippen molar-refractivity contribution < 1.29 is 4.79 Å². The Morgan fingerprint density at radius 1 is 2.00 bits per heavy atom. The Kier molecular flexibility index (Phi) is 4.31. The van der Waals surface area contributed by atoms with Gasteiger partial charge in [-0.05, 0) is 6.42 Å². The molecule has 7 heavy (non-hydrogen) atoms. The van der Waals surface area contributed by atoms with Gasteiger partial charge in [0.25, 0.3) is 0 Å². The molecular formula is C4H6BrIO. The third-order valence-corrected chi connectivity index (χ3v) is 3.28. The highest BCUT2D eigenvalue weighted by atomic mass is 127. The first-order chi connectivity index (χ1) is 3.18. The van der Waals surface area contributed by atoms with E-state index in [1.165, 1.54) is 0 Å². The molecule has 0 saturated carbocycles. The number of hydrogen-bond donors (Lipinski definition) is 0. The fraction of sp³-hybridized carbons (Fsp3) is 0.750. The van der Waals surface area contributed by atoms with E-state index >= 15 is 0 Å². The minimum Gasteiger partial charge on any atom is -0.287 e. The first kappa shape index (κ1) is 7.88. The Morgan fingerprint density at radius 2 is 2.43 bits per heavy atom. The van der Waals surface area contributed by atoms with Crippen LogP contribution >= 0.6 is 38.5 Å². The van der Waals surface area contributed by atoms with E-state index in [4.69, 9.17) is 0 Å². The molecule has 0 heterocycles. The summed E-state index contributed by atoms with van der Waals surface area (Å²) in [5.74, 6) is 0. The fourth-order valence-corrected chi connectivity index (χ4v) is 0.601. The third kappa shape index (κ3) is 3.46. The van der Waals surface area contributed by atoms with Gasteiger partial charge in [-0.1, -0.05) is 22.9 Å². The molecule has 0 radical (unpaired) electrons. The van der Waals surface area contributed by atoms with Gasteiger partial charge in [-0.25, -0.2) is 0 Å². The zero-order valence-corrected chi connectivity index (χ0v) is 7.69. The van der Waals surface area contributed by atoms with Crippen LogP contribution in [0.3, 0.4) is 0 Å². The van der Waals surface area contributed by atoms with Gasteiger partial charge in [-0.2, -0.15) is 0 Å². The van der Waals surface area contributed by atoms with Crippen molar-refractivity contribution in [2.45, 2.75) is 18.2 Å². The quantitative estimate of drug-likeness (QED) is 0.429. The first-order valence-electron chi connectivity index (χ1n) is 2.02. The van der Waals surface area contributed by atoms with E-state index in [1.54, 1.807) is 22.6 Å². The highest BCUT2D eigenvalue weighted by molar-refractivity contribution is 14.1. The van der Waals surface area contributed by atoms with Gasteiger partial charge in [0.2, 0.25) is 3.79 Å². The van der Waals surface area contributed by atoms with Crippen LogP contribution in [0.1, 0.15) is 13.3 Å². The second-order valence-corrected chi connectivity index (χ2v) is 3.35. The maximum absolute atomic E-state index is 10.3. The van der Waals surface area contributed by atoms with Crippen molar-refractivity contribution in [3.63, 3.8) is 0 Å². The van der Waals surface area contributed by atoms with E-state index in [0.717, 1.165) is 6.42 Å². The monoisotopic (exact) mass is 276 g/mol. The van der Waals surface area contributed by atoms with Gasteiger partial charge in [-0.3, -0.25) is 4.79 Å². The smallest absolute Gasteiger partial charge is 0.205 e. The lowest BCUT2D eigenvalue weighted by Crippen LogP contribution is -2.02. The molecule has 1 atom stereocenters. The third-order valence-electron chi connectivity index (χ3n) is 0.605. The Labute approximate surface area is 65.1 Å². The Balaban J connectivity index is 3.34. The number of rotatable bonds is 2.